The van der Waals surface area contributed by atoms with Gasteiger partial charge < -0.3 is 5.11 Å². The number of amides is 1. The van der Waals surface area contributed by atoms with E-state index in [1.165, 1.54) is 40.5 Å². The summed E-state index contributed by atoms with van der Waals surface area (Å²) in [6, 6.07) is 13.2. The van der Waals surface area contributed by atoms with Gasteiger partial charge in [-0.15, -0.1) is 11.3 Å². The van der Waals surface area contributed by atoms with Gasteiger partial charge in [-0.1, -0.05) is 42.5 Å². The van der Waals surface area contributed by atoms with Crippen molar-refractivity contribution in [1.82, 2.24) is 4.98 Å². The maximum absolute atomic E-state index is 13.5. The number of aryl methyl sites for hydroxylation is 2. The lowest BCUT2D eigenvalue weighted by Crippen LogP contribution is -2.29. The standard InChI is InChI=1S/C22H17FN2O3S/c1-12-13(2)29-22(24-12)25-18(14-8-10-16(23)11-9-14)17(20(27)21(25)28)19(26)15-6-4-3-5-7-15/h3-11,18,26H,1-2H3/b19-17+. The minimum absolute atomic E-state index is 0.0432. The summed E-state index contributed by atoms with van der Waals surface area (Å²) in [5, 5.41) is 11.3. The number of nitrogens with zero attached hydrogens (tertiary/aromatic N) is 2. The third-order valence-corrected chi connectivity index (χ3v) is 5.97. The highest BCUT2D eigenvalue weighted by atomic mass is 32.1. The van der Waals surface area contributed by atoms with Crippen LogP contribution in [0.15, 0.2) is 60.2 Å². The highest BCUT2D eigenvalue weighted by molar-refractivity contribution is 7.16. The normalized spacial score (nSPS) is 18.4. The molecular formula is C22H17FN2O3S. The van der Waals surface area contributed by atoms with Crippen LogP contribution in [0, 0.1) is 19.7 Å². The van der Waals surface area contributed by atoms with E-state index in [1.807, 2.05) is 13.8 Å². The fourth-order valence-corrected chi connectivity index (χ4v) is 4.24. The molecule has 0 radical (unpaired) electrons. The van der Waals surface area contributed by atoms with E-state index in [-0.39, 0.29) is 11.3 Å². The van der Waals surface area contributed by atoms with Gasteiger partial charge in [0.1, 0.15) is 11.6 Å². The number of anilines is 1. The molecule has 1 aliphatic heterocycles. The molecule has 1 aromatic heterocycles. The fourth-order valence-electron chi connectivity index (χ4n) is 3.30. The van der Waals surface area contributed by atoms with Gasteiger partial charge in [0.15, 0.2) is 5.13 Å². The second-order valence-corrected chi connectivity index (χ2v) is 7.91. The molecule has 7 heteroatoms. The Bertz CT molecular complexity index is 1120. The summed E-state index contributed by atoms with van der Waals surface area (Å²) in [5.41, 5.74) is 1.64. The largest absolute Gasteiger partial charge is 0.507 e. The Morgan fingerprint density at radius 2 is 1.72 bits per heavy atom. The third-order valence-electron chi connectivity index (χ3n) is 4.90. The SMILES string of the molecule is Cc1nc(N2C(=O)C(=O)/C(=C(/O)c3ccccc3)C2c2ccc(F)cc2)sc1C. The molecule has 3 aromatic rings. The number of hydrogen-bond acceptors (Lipinski definition) is 5. The van der Waals surface area contributed by atoms with E-state index in [1.54, 1.807) is 30.3 Å². The molecule has 1 aliphatic rings. The van der Waals surface area contributed by atoms with Crippen molar-refractivity contribution in [1.29, 1.82) is 0 Å². The van der Waals surface area contributed by atoms with Gasteiger partial charge in [-0.3, -0.25) is 14.5 Å². The number of Topliss-reactive ketones (excluding diaryl/α,β-unsaturated/α-hetero) is 1. The number of aliphatic hydroxyl groups is 1. The lowest BCUT2D eigenvalue weighted by atomic mass is 9.95. The van der Waals surface area contributed by atoms with Gasteiger partial charge in [-0.25, -0.2) is 9.37 Å². The number of thiazole rings is 1. The van der Waals surface area contributed by atoms with Crippen LogP contribution in [0.3, 0.4) is 0 Å². The van der Waals surface area contributed by atoms with Gasteiger partial charge in [-0.05, 0) is 31.5 Å². The van der Waals surface area contributed by atoms with Crippen molar-refractivity contribution in [2.75, 3.05) is 4.90 Å². The van der Waals surface area contributed by atoms with Gasteiger partial charge in [0.2, 0.25) is 0 Å². The monoisotopic (exact) mass is 408 g/mol. The molecule has 1 atom stereocenters. The van der Waals surface area contributed by atoms with Crippen LogP contribution in [0.2, 0.25) is 0 Å². The van der Waals surface area contributed by atoms with Crippen molar-refractivity contribution in [2.24, 2.45) is 0 Å². The Kier molecular flexibility index (Phi) is 4.76. The van der Waals surface area contributed by atoms with Gasteiger partial charge in [-0.2, -0.15) is 0 Å². The highest BCUT2D eigenvalue weighted by Crippen LogP contribution is 2.43. The molecule has 0 saturated carbocycles. The van der Waals surface area contributed by atoms with E-state index in [9.17, 15) is 19.1 Å². The van der Waals surface area contributed by atoms with Crippen molar-refractivity contribution in [2.45, 2.75) is 19.9 Å². The Hall–Kier alpha value is -3.32. The minimum atomic E-state index is -0.902. The van der Waals surface area contributed by atoms with Crippen LogP contribution in [0.5, 0.6) is 0 Å². The van der Waals surface area contributed by atoms with E-state index < -0.39 is 23.5 Å². The zero-order valence-corrected chi connectivity index (χ0v) is 16.5. The minimum Gasteiger partial charge on any atom is -0.507 e. The summed E-state index contributed by atoms with van der Waals surface area (Å²) in [7, 11) is 0. The van der Waals surface area contributed by atoms with Crippen molar-refractivity contribution in [3.05, 3.63) is 87.7 Å². The smallest absolute Gasteiger partial charge is 0.301 e. The molecule has 146 valence electrons. The first-order valence-electron chi connectivity index (χ1n) is 8.94. The zero-order chi connectivity index (χ0) is 20.7. The Morgan fingerprint density at radius 3 is 2.31 bits per heavy atom. The molecule has 4 rings (SSSR count). The summed E-state index contributed by atoms with van der Waals surface area (Å²) in [6.45, 7) is 3.70. The van der Waals surface area contributed by atoms with E-state index >= 15 is 0 Å². The molecule has 1 fully saturated rings. The molecule has 29 heavy (non-hydrogen) atoms. The number of aliphatic hydroxyl groups excluding tert-OH is 1. The summed E-state index contributed by atoms with van der Waals surface area (Å²) < 4.78 is 13.5. The molecule has 1 saturated heterocycles. The van der Waals surface area contributed by atoms with Crippen LogP contribution in [0.25, 0.3) is 5.76 Å². The summed E-state index contributed by atoms with van der Waals surface area (Å²) in [4.78, 5) is 32.5. The van der Waals surface area contributed by atoms with Crippen molar-refractivity contribution in [3.8, 4) is 0 Å². The summed E-state index contributed by atoms with van der Waals surface area (Å²) in [6.07, 6.45) is 0. The molecule has 0 bridgehead atoms. The first-order valence-corrected chi connectivity index (χ1v) is 9.76. The molecule has 1 unspecified atom stereocenters. The topological polar surface area (TPSA) is 70.5 Å². The average molecular weight is 408 g/mol. The summed E-state index contributed by atoms with van der Waals surface area (Å²) >= 11 is 1.29. The zero-order valence-electron chi connectivity index (χ0n) is 15.7. The first kappa shape index (κ1) is 19.0. The molecule has 5 nitrogen and oxygen atoms in total. The number of aromatic nitrogens is 1. The van der Waals surface area contributed by atoms with E-state index in [0.717, 1.165) is 10.6 Å². The predicted molar refractivity (Wildman–Crippen MR) is 109 cm³/mol. The first-order chi connectivity index (χ1) is 13.9. The van der Waals surface area contributed by atoms with Crippen LogP contribution >= 0.6 is 11.3 Å². The van der Waals surface area contributed by atoms with Gasteiger partial charge in [0.05, 0.1) is 17.3 Å². The average Bonchev–Trinajstić information content (AvgIpc) is 3.18. The molecule has 0 spiro atoms. The number of carbonyl (C=O) groups is 2. The molecule has 1 N–H and O–H groups in total. The molecular weight excluding hydrogens is 391 g/mol. The van der Waals surface area contributed by atoms with Crippen LogP contribution in [0.1, 0.15) is 27.7 Å². The fraction of sp³-hybridized carbons (Fsp3) is 0.136. The van der Waals surface area contributed by atoms with Gasteiger partial charge in [0.25, 0.3) is 5.78 Å². The van der Waals surface area contributed by atoms with E-state index in [2.05, 4.69) is 4.98 Å². The highest BCUT2D eigenvalue weighted by Gasteiger charge is 2.48. The van der Waals surface area contributed by atoms with Crippen LogP contribution in [-0.4, -0.2) is 21.8 Å². The van der Waals surface area contributed by atoms with Crippen LogP contribution in [0.4, 0.5) is 9.52 Å². The Morgan fingerprint density at radius 1 is 1.07 bits per heavy atom. The Labute approximate surface area is 170 Å². The van der Waals surface area contributed by atoms with Gasteiger partial charge >= 0.3 is 5.91 Å². The third kappa shape index (κ3) is 3.23. The lowest BCUT2D eigenvalue weighted by molar-refractivity contribution is -0.132. The molecule has 0 aliphatic carbocycles. The second-order valence-electron chi connectivity index (χ2n) is 6.72. The maximum Gasteiger partial charge on any atom is 0.301 e. The number of carbonyl (C=O) groups excluding carboxylic acids is 2. The van der Waals surface area contributed by atoms with Gasteiger partial charge in [0, 0.05) is 10.4 Å². The van der Waals surface area contributed by atoms with Crippen molar-refractivity contribution < 1.29 is 19.1 Å². The van der Waals surface area contributed by atoms with E-state index in [4.69, 9.17) is 0 Å². The Balaban J connectivity index is 1.95. The number of rotatable bonds is 3. The van der Waals surface area contributed by atoms with Crippen LogP contribution < -0.4 is 4.90 Å². The molecule has 2 aromatic carbocycles. The number of hydrogen-bond donors (Lipinski definition) is 1. The number of halogens is 1. The van der Waals surface area contributed by atoms with Crippen molar-refractivity contribution in [3.63, 3.8) is 0 Å². The number of benzene rings is 2. The molecule has 2 heterocycles. The maximum atomic E-state index is 13.5. The van der Waals surface area contributed by atoms with E-state index in [0.29, 0.717) is 16.3 Å². The summed E-state index contributed by atoms with van der Waals surface area (Å²) in [5.74, 6) is -2.28. The van der Waals surface area contributed by atoms with Crippen molar-refractivity contribution >= 4 is 33.9 Å². The molecule has 1 amide bonds. The number of ketones is 1. The predicted octanol–water partition coefficient (Wildman–Crippen LogP) is 4.53. The van der Waals surface area contributed by atoms with Crippen LogP contribution in [-0.2, 0) is 9.59 Å². The second kappa shape index (κ2) is 7.25. The lowest BCUT2D eigenvalue weighted by Gasteiger charge is -2.23. The quantitative estimate of drug-likeness (QED) is 0.393.